The van der Waals surface area contributed by atoms with E-state index in [9.17, 15) is 34.1 Å². The van der Waals surface area contributed by atoms with E-state index in [1.165, 1.54) is 36.1 Å². The highest BCUT2D eigenvalue weighted by molar-refractivity contribution is 8.14. The molecule has 1 aliphatic heterocycles. The number of carbonyl (C=O) groups excluding carboxylic acids is 5. The molecule has 40 heavy (non-hydrogen) atoms. The molecule has 18 heteroatoms. The summed E-state index contributed by atoms with van der Waals surface area (Å²) < 4.78 is 3.07. The number of rotatable bonds is 9. The summed E-state index contributed by atoms with van der Waals surface area (Å²) in [5.41, 5.74) is 0.433. The molecule has 13 nitrogen and oxygen atoms in total. The molecule has 0 aliphatic carbocycles. The minimum atomic E-state index is -2.34. The minimum absolute atomic E-state index is 0.101. The predicted octanol–water partition coefficient (Wildman–Crippen LogP) is 3.16. The normalized spacial score (nSPS) is 18.3. The van der Waals surface area contributed by atoms with Crippen LogP contribution in [-0.2, 0) is 25.7 Å². The molecule has 4 atom stereocenters. The molecule has 0 bridgehead atoms. The van der Waals surface area contributed by atoms with Gasteiger partial charge in [0, 0.05) is 48.1 Å². The first-order valence-corrected chi connectivity index (χ1v) is 14.1. The molecule has 4 unspecified atom stereocenters. The van der Waals surface area contributed by atoms with Gasteiger partial charge in [-0.25, -0.2) is 9.59 Å². The van der Waals surface area contributed by atoms with E-state index in [1.54, 1.807) is 12.2 Å². The van der Waals surface area contributed by atoms with Crippen LogP contribution in [0.2, 0.25) is 0 Å². The molecule has 220 valence electrons. The van der Waals surface area contributed by atoms with Gasteiger partial charge in [-0.3, -0.25) is 29.8 Å². The summed E-state index contributed by atoms with van der Waals surface area (Å²) in [6.07, 6.45) is -0.332. The number of thiol groups is 1. The molecular weight excluding hydrogens is 633 g/mol. The van der Waals surface area contributed by atoms with E-state index in [4.69, 9.17) is 39.5 Å². The molecule has 1 heterocycles. The first-order valence-electron chi connectivity index (χ1n) is 11.6. The number of nitrogens with one attached hydrogen (secondary N) is 3. The molecule has 1 aromatic carbocycles. The van der Waals surface area contributed by atoms with Gasteiger partial charge in [-0.2, -0.15) is 12.6 Å². The van der Waals surface area contributed by atoms with Gasteiger partial charge in [0.2, 0.25) is 5.91 Å². The van der Waals surface area contributed by atoms with Crippen molar-refractivity contribution < 1.29 is 33.6 Å². The number of halogens is 3. The molecule has 0 saturated carbocycles. The summed E-state index contributed by atoms with van der Waals surface area (Å²) in [4.78, 5) is 72.3. The zero-order valence-electron chi connectivity index (χ0n) is 21.1. The highest BCUT2D eigenvalue weighted by atomic mass is 35.6. The van der Waals surface area contributed by atoms with Crippen molar-refractivity contribution in [2.75, 3.05) is 13.2 Å². The zero-order valence-corrected chi connectivity index (χ0v) is 25.1. The lowest BCUT2D eigenvalue weighted by molar-refractivity contribution is -0.384. The molecule has 0 aromatic heterocycles. The third-order valence-corrected chi connectivity index (χ3v) is 8.01. The Hall–Kier alpha value is -2.46. The van der Waals surface area contributed by atoms with Gasteiger partial charge < -0.3 is 20.3 Å². The third-order valence-electron chi connectivity index (χ3n) is 5.70. The number of nitro groups is 1. The van der Waals surface area contributed by atoms with Crippen molar-refractivity contribution in [2.24, 2.45) is 5.92 Å². The van der Waals surface area contributed by atoms with Crippen LogP contribution in [0, 0.1) is 16.0 Å². The summed E-state index contributed by atoms with van der Waals surface area (Å²) in [6.45, 7) is 2.65. The van der Waals surface area contributed by atoms with E-state index >= 15 is 0 Å². The van der Waals surface area contributed by atoms with E-state index in [2.05, 4.69) is 23.3 Å². The van der Waals surface area contributed by atoms with Gasteiger partial charge in [0.15, 0.2) is 5.12 Å². The second-order valence-electron chi connectivity index (χ2n) is 8.62. The Morgan fingerprint density at radius 2 is 1.82 bits per heavy atom. The van der Waals surface area contributed by atoms with Gasteiger partial charge in [0.25, 0.3) is 15.4 Å². The Morgan fingerprint density at radius 1 is 1.20 bits per heavy atom. The zero-order chi connectivity index (χ0) is 30.2. The molecule has 0 radical (unpaired) electrons. The Balaban J connectivity index is 1.99. The van der Waals surface area contributed by atoms with Crippen molar-refractivity contribution in [1.29, 1.82) is 0 Å². The van der Waals surface area contributed by atoms with Gasteiger partial charge >= 0.3 is 12.1 Å². The highest BCUT2D eigenvalue weighted by Gasteiger charge is 2.43. The molecule has 1 aromatic rings. The summed E-state index contributed by atoms with van der Waals surface area (Å²) in [5, 5.41) is 16.2. The van der Waals surface area contributed by atoms with E-state index in [1.807, 2.05) is 0 Å². The SMILES string of the molecule is CC(=O)SC1CC(C(S)C(C)C(=O)NCNC(=O)NC(=O)C(Cl)(Cl)Cl)N(C(=O)OCc2ccc([N+](=O)[O-])cc2)C1. The van der Waals surface area contributed by atoms with E-state index in [-0.39, 0.29) is 35.9 Å². The Kier molecular flexibility index (Phi) is 12.6. The lowest BCUT2D eigenvalue weighted by atomic mass is 9.98. The molecule has 1 aliphatic rings. The molecule has 0 spiro atoms. The number of alkyl halides is 3. The Labute approximate surface area is 253 Å². The van der Waals surface area contributed by atoms with Crippen molar-refractivity contribution in [3.63, 3.8) is 0 Å². The number of ether oxygens (including phenoxy) is 1. The minimum Gasteiger partial charge on any atom is -0.445 e. The molecule has 1 fully saturated rings. The second-order valence-corrected chi connectivity index (χ2v) is 13.0. The van der Waals surface area contributed by atoms with Gasteiger partial charge in [-0.1, -0.05) is 53.5 Å². The highest BCUT2D eigenvalue weighted by Crippen LogP contribution is 2.34. The number of urea groups is 1. The van der Waals surface area contributed by atoms with Crippen LogP contribution in [0.15, 0.2) is 24.3 Å². The van der Waals surface area contributed by atoms with E-state index in [0.29, 0.717) is 12.0 Å². The first kappa shape index (κ1) is 33.7. The molecule has 3 N–H and O–H groups in total. The van der Waals surface area contributed by atoms with Crippen molar-refractivity contribution in [1.82, 2.24) is 20.9 Å². The fourth-order valence-corrected chi connectivity index (χ4v) is 5.26. The maximum absolute atomic E-state index is 13.0. The van der Waals surface area contributed by atoms with Gasteiger partial charge in [-0.05, 0) is 24.1 Å². The fourth-order valence-electron chi connectivity index (χ4n) is 3.70. The monoisotopic (exact) mass is 657 g/mol. The van der Waals surface area contributed by atoms with Crippen molar-refractivity contribution in [3.8, 4) is 0 Å². The number of non-ortho nitro benzene ring substituents is 1. The standard InChI is InChI=1S/C22H26Cl3N5O8S2/c1-11(18(32)26-10-27-20(34)28-19(33)22(23,24)25)17(39)16-7-15(40-12(2)31)8-29(16)21(35)38-9-13-3-5-14(6-4-13)30(36)37/h3-6,11,15-17,39H,7-10H2,1-2H3,(H,26,32)(H2,27,28,33,34). The number of benzene rings is 1. The number of amides is 5. The van der Waals surface area contributed by atoms with Crippen LogP contribution in [0.25, 0.3) is 0 Å². The van der Waals surface area contributed by atoms with Crippen molar-refractivity contribution in [2.45, 2.75) is 47.2 Å². The lowest BCUT2D eigenvalue weighted by Crippen LogP contribution is -2.50. The van der Waals surface area contributed by atoms with Crippen LogP contribution in [0.1, 0.15) is 25.8 Å². The van der Waals surface area contributed by atoms with Crippen LogP contribution in [0.5, 0.6) is 0 Å². The first-order chi connectivity index (χ1) is 18.6. The number of hydrogen-bond acceptors (Lipinski definition) is 10. The van der Waals surface area contributed by atoms with Gasteiger partial charge in [-0.15, -0.1) is 0 Å². The number of hydrogen-bond donors (Lipinski definition) is 4. The third kappa shape index (κ3) is 10.2. The van der Waals surface area contributed by atoms with Gasteiger partial charge in [0.05, 0.1) is 11.6 Å². The van der Waals surface area contributed by atoms with Crippen LogP contribution < -0.4 is 16.0 Å². The Bertz CT molecular complexity index is 1140. The van der Waals surface area contributed by atoms with Crippen LogP contribution in [0.3, 0.4) is 0 Å². The van der Waals surface area contributed by atoms with Crippen LogP contribution in [-0.4, -0.2) is 72.4 Å². The summed E-state index contributed by atoms with van der Waals surface area (Å²) in [6, 6.07) is 3.94. The predicted molar refractivity (Wildman–Crippen MR) is 152 cm³/mol. The summed E-state index contributed by atoms with van der Waals surface area (Å²) in [7, 11) is 0. The smallest absolute Gasteiger partial charge is 0.410 e. The van der Waals surface area contributed by atoms with Crippen molar-refractivity contribution in [3.05, 3.63) is 39.9 Å². The molecule has 2 rings (SSSR count). The van der Waals surface area contributed by atoms with E-state index < -0.39 is 49.9 Å². The van der Waals surface area contributed by atoms with E-state index in [0.717, 1.165) is 11.8 Å². The summed E-state index contributed by atoms with van der Waals surface area (Å²) >= 11 is 21.8. The average Bonchev–Trinajstić information content (AvgIpc) is 3.29. The van der Waals surface area contributed by atoms with Gasteiger partial charge in [0.1, 0.15) is 6.61 Å². The Morgan fingerprint density at radius 3 is 2.38 bits per heavy atom. The fraction of sp³-hybridized carbons (Fsp3) is 0.500. The number of thioether (sulfide) groups is 1. The number of carbonyl (C=O) groups is 5. The van der Waals surface area contributed by atoms with Crippen LogP contribution >= 0.6 is 59.2 Å². The van der Waals surface area contributed by atoms with Crippen LogP contribution in [0.4, 0.5) is 15.3 Å². The second kappa shape index (κ2) is 15.0. The largest absolute Gasteiger partial charge is 0.445 e. The number of imide groups is 1. The quantitative estimate of drug-likeness (QED) is 0.102. The molecule has 1 saturated heterocycles. The average molecular weight is 659 g/mol. The number of likely N-dealkylation sites (tertiary alicyclic amines) is 1. The topological polar surface area (TPSA) is 177 Å². The maximum Gasteiger partial charge on any atom is 0.410 e. The number of nitrogens with zero attached hydrogens (tertiary/aromatic N) is 2. The lowest BCUT2D eigenvalue weighted by Gasteiger charge is -2.31. The number of nitro benzene ring substituents is 1. The molecule has 5 amide bonds. The summed E-state index contributed by atoms with van der Waals surface area (Å²) in [5.74, 6) is -2.47. The maximum atomic E-state index is 13.0. The molecular formula is C22H26Cl3N5O8S2. The van der Waals surface area contributed by atoms with Crippen molar-refractivity contribution >= 4 is 93.9 Å².